The molecule has 0 spiro atoms. The average Bonchev–Trinajstić information content (AvgIpc) is 2.73. The Morgan fingerprint density at radius 3 is 1.62 bits per heavy atom. The normalized spacial score (nSPS) is 12.1. The number of fused-ring (bicyclic) bond motifs is 2. The van der Waals surface area contributed by atoms with Crippen LogP contribution in [0.4, 0.5) is 11.4 Å². The van der Waals surface area contributed by atoms with E-state index < -0.39 is 5.97 Å². The minimum atomic E-state index is -1.01. The summed E-state index contributed by atoms with van der Waals surface area (Å²) in [5.41, 5.74) is 4.67. The highest BCUT2D eigenvalue weighted by Gasteiger charge is 2.21. The van der Waals surface area contributed by atoms with Gasteiger partial charge in [0, 0.05) is 36.7 Å². The SMILES string of the molecule is C.CC[N+](CC)(CC)CC.O=C([O-])CCN1c2ccccc2Cc2ccccc21. The van der Waals surface area contributed by atoms with E-state index in [0.29, 0.717) is 6.54 Å². The summed E-state index contributed by atoms with van der Waals surface area (Å²) >= 11 is 0. The Balaban J connectivity index is 0.000000362. The van der Waals surface area contributed by atoms with E-state index in [1.807, 2.05) is 36.4 Å². The van der Waals surface area contributed by atoms with Gasteiger partial charge in [-0.3, -0.25) is 0 Å². The van der Waals surface area contributed by atoms with Crippen LogP contribution >= 0.6 is 0 Å². The van der Waals surface area contributed by atoms with Crippen molar-refractivity contribution in [2.24, 2.45) is 0 Å². The van der Waals surface area contributed by atoms with E-state index in [-0.39, 0.29) is 13.8 Å². The molecule has 0 aliphatic carbocycles. The van der Waals surface area contributed by atoms with Crippen LogP contribution in [0.3, 0.4) is 0 Å². The van der Waals surface area contributed by atoms with Gasteiger partial charge in [0.15, 0.2) is 0 Å². The number of carboxylic acids is 1. The van der Waals surface area contributed by atoms with Gasteiger partial charge in [-0.05, 0) is 51.0 Å². The Morgan fingerprint density at radius 1 is 0.862 bits per heavy atom. The Bertz CT molecular complexity index is 706. The smallest absolute Gasteiger partial charge is 0.0757 e. The summed E-state index contributed by atoms with van der Waals surface area (Å²) < 4.78 is 1.28. The molecule has 2 aromatic rings. The maximum atomic E-state index is 10.7. The summed E-state index contributed by atoms with van der Waals surface area (Å²) in [5.74, 6) is -1.01. The average molecular weight is 399 g/mol. The van der Waals surface area contributed by atoms with Gasteiger partial charge in [-0.15, -0.1) is 0 Å². The predicted molar refractivity (Wildman–Crippen MR) is 121 cm³/mol. The number of aliphatic carboxylic acids is 1. The molecule has 0 saturated carbocycles. The van der Waals surface area contributed by atoms with Gasteiger partial charge in [0.05, 0.1) is 26.2 Å². The quantitative estimate of drug-likeness (QED) is 0.650. The Labute approximate surface area is 177 Å². The fraction of sp³-hybridized carbons (Fsp3) is 0.480. The summed E-state index contributed by atoms with van der Waals surface area (Å²) in [6.45, 7) is 14.7. The number of benzene rings is 2. The number of rotatable bonds is 7. The monoisotopic (exact) mass is 398 g/mol. The second-order valence-electron chi connectivity index (χ2n) is 7.31. The van der Waals surface area contributed by atoms with E-state index in [4.69, 9.17) is 0 Å². The van der Waals surface area contributed by atoms with E-state index in [1.165, 1.54) is 41.8 Å². The van der Waals surface area contributed by atoms with Crippen LogP contribution in [0.5, 0.6) is 0 Å². The summed E-state index contributed by atoms with van der Waals surface area (Å²) in [6.07, 6.45) is 0.927. The van der Waals surface area contributed by atoms with Crippen LogP contribution in [-0.2, 0) is 11.2 Å². The van der Waals surface area contributed by atoms with Gasteiger partial charge in [0.1, 0.15) is 0 Å². The van der Waals surface area contributed by atoms with Crippen molar-refractivity contribution in [1.29, 1.82) is 0 Å². The summed E-state index contributed by atoms with van der Waals surface area (Å²) in [5, 5.41) is 10.7. The molecule has 0 N–H and O–H groups in total. The van der Waals surface area contributed by atoms with Crippen LogP contribution in [0, 0.1) is 0 Å². The molecule has 4 nitrogen and oxygen atoms in total. The van der Waals surface area contributed by atoms with Crippen LogP contribution in [0.2, 0.25) is 0 Å². The number of carbonyl (C=O) groups excluding carboxylic acids is 1. The van der Waals surface area contributed by atoms with Gasteiger partial charge >= 0.3 is 0 Å². The molecule has 0 radical (unpaired) electrons. The zero-order valence-electron chi connectivity index (χ0n) is 17.8. The highest BCUT2D eigenvalue weighted by molar-refractivity contribution is 5.75. The number of hydrogen-bond acceptors (Lipinski definition) is 3. The van der Waals surface area contributed by atoms with E-state index in [0.717, 1.165) is 17.8 Å². The van der Waals surface area contributed by atoms with Gasteiger partial charge in [-0.2, -0.15) is 0 Å². The van der Waals surface area contributed by atoms with Crippen LogP contribution in [0.1, 0.15) is 52.7 Å². The fourth-order valence-electron chi connectivity index (χ4n) is 3.97. The van der Waals surface area contributed by atoms with Crippen LogP contribution < -0.4 is 10.0 Å². The van der Waals surface area contributed by atoms with Crippen molar-refractivity contribution < 1.29 is 14.4 Å². The zero-order valence-corrected chi connectivity index (χ0v) is 17.8. The third kappa shape index (κ3) is 6.07. The Hall–Kier alpha value is -2.33. The molecule has 160 valence electrons. The fourth-order valence-corrected chi connectivity index (χ4v) is 3.97. The summed E-state index contributed by atoms with van der Waals surface area (Å²) in [6, 6.07) is 16.3. The minimum Gasteiger partial charge on any atom is -0.550 e. The molecule has 0 atom stereocenters. The lowest BCUT2D eigenvalue weighted by molar-refractivity contribution is -0.921. The van der Waals surface area contributed by atoms with Crippen molar-refractivity contribution in [3.8, 4) is 0 Å². The number of carboxylic acid groups (broad SMARTS) is 1. The maximum absolute atomic E-state index is 10.7. The Morgan fingerprint density at radius 2 is 1.28 bits per heavy atom. The second kappa shape index (κ2) is 11.6. The molecule has 0 amide bonds. The van der Waals surface area contributed by atoms with Crippen LogP contribution in [0.25, 0.3) is 0 Å². The topological polar surface area (TPSA) is 43.4 Å². The molecule has 0 aromatic heterocycles. The Kier molecular flexibility index (Phi) is 9.90. The molecule has 3 rings (SSSR count). The van der Waals surface area contributed by atoms with Gasteiger partial charge in [0.25, 0.3) is 0 Å². The van der Waals surface area contributed by atoms with Crippen molar-refractivity contribution in [1.82, 2.24) is 0 Å². The molecular weight excluding hydrogens is 360 g/mol. The first-order chi connectivity index (χ1) is 13.5. The molecule has 1 aliphatic heterocycles. The molecule has 2 aromatic carbocycles. The van der Waals surface area contributed by atoms with Crippen molar-refractivity contribution >= 4 is 17.3 Å². The lowest BCUT2D eigenvalue weighted by atomic mass is 9.95. The van der Waals surface area contributed by atoms with Crippen LogP contribution in [-0.4, -0.2) is 43.2 Å². The first kappa shape index (κ1) is 24.7. The van der Waals surface area contributed by atoms with E-state index in [9.17, 15) is 9.90 Å². The lowest BCUT2D eigenvalue weighted by Crippen LogP contribution is -2.47. The first-order valence-electron chi connectivity index (χ1n) is 10.5. The van der Waals surface area contributed by atoms with Gasteiger partial charge in [-0.1, -0.05) is 43.8 Å². The molecular formula is C25H38N2O2. The number of nitrogens with zero attached hydrogens (tertiary/aromatic N) is 2. The number of hydrogen-bond donors (Lipinski definition) is 0. The standard InChI is InChI=1S/C16H15NO2.C8H20N.CH4/c18-16(19)9-10-17-14-7-3-1-5-12(14)11-13-6-2-4-8-15(13)17;1-5-9(6-2,7-3)8-4;/h1-8H,9-11H2,(H,18,19);5-8H2,1-4H3;1H4/q;+1;/p-1. The lowest BCUT2D eigenvalue weighted by Gasteiger charge is -2.34. The predicted octanol–water partition coefficient (Wildman–Crippen LogP) is 4.39. The zero-order chi connectivity index (χ0) is 20.6. The molecule has 0 fully saturated rings. The molecule has 0 bridgehead atoms. The third-order valence-electron chi connectivity index (χ3n) is 6.17. The van der Waals surface area contributed by atoms with E-state index in [2.05, 4.69) is 44.7 Å². The molecule has 4 heteroatoms. The van der Waals surface area contributed by atoms with Crippen molar-refractivity contribution in [3.05, 3.63) is 59.7 Å². The van der Waals surface area contributed by atoms with Crippen LogP contribution in [0.15, 0.2) is 48.5 Å². The van der Waals surface area contributed by atoms with E-state index >= 15 is 0 Å². The van der Waals surface area contributed by atoms with Crippen molar-refractivity contribution in [3.63, 3.8) is 0 Å². The highest BCUT2D eigenvalue weighted by Crippen LogP contribution is 2.38. The first-order valence-corrected chi connectivity index (χ1v) is 10.5. The summed E-state index contributed by atoms with van der Waals surface area (Å²) in [4.78, 5) is 12.8. The number of quaternary nitrogens is 1. The number of anilines is 2. The largest absolute Gasteiger partial charge is 0.550 e. The minimum absolute atomic E-state index is 0. The van der Waals surface area contributed by atoms with Gasteiger partial charge in [-0.25, -0.2) is 0 Å². The molecule has 1 aliphatic rings. The number of carbonyl (C=O) groups is 1. The number of para-hydroxylation sites is 2. The molecule has 29 heavy (non-hydrogen) atoms. The van der Waals surface area contributed by atoms with E-state index in [1.54, 1.807) is 0 Å². The van der Waals surface area contributed by atoms with Crippen molar-refractivity contribution in [2.75, 3.05) is 37.6 Å². The third-order valence-corrected chi connectivity index (χ3v) is 6.17. The molecule has 1 heterocycles. The maximum Gasteiger partial charge on any atom is 0.0757 e. The molecule has 0 saturated heterocycles. The van der Waals surface area contributed by atoms with Crippen molar-refractivity contribution in [2.45, 2.75) is 48.0 Å². The molecule has 0 unspecified atom stereocenters. The highest BCUT2D eigenvalue weighted by atomic mass is 16.4. The second-order valence-corrected chi connectivity index (χ2v) is 7.31. The van der Waals surface area contributed by atoms with Gasteiger partial charge < -0.3 is 19.3 Å². The summed E-state index contributed by atoms with van der Waals surface area (Å²) in [7, 11) is 0. The van der Waals surface area contributed by atoms with Gasteiger partial charge in [0.2, 0.25) is 0 Å².